The van der Waals surface area contributed by atoms with Gasteiger partial charge in [-0.2, -0.15) is 0 Å². The molecule has 1 aliphatic heterocycles. The van der Waals surface area contributed by atoms with Gasteiger partial charge < -0.3 is 28.9 Å². The molecule has 0 saturated heterocycles. The lowest BCUT2D eigenvalue weighted by molar-refractivity contribution is 0.0933. The number of carbonyl (C=O) groups is 1. The largest absolute Gasteiger partial charge is 0.484 e. The van der Waals surface area contributed by atoms with Crippen LogP contribution in [0.3, 0.4) is 0 Å². The molecule has 0 saturated carbocycles. The normalized spacial score (nSPS) is 13.4. The molecule has 1 aromatic carbocycles. The molecule has 1 amide bonds. The molecule has 2 aromatic heterocycles. The van der Waals surface area contributed by atoms with Crippen molar-refractivity contribution in [2.24, 2.45) is 0 Å². The number of hydrogen-bond acceptors (Lipinski definition) is 7. The Morgan fingerprint density at radius 1 is 1.38 bits per heavy atom. The maximum atomic E-state index is 12.2. The first-order valence-electron chi connectivity index (χ1n) is 7.96. The lowest BCUT2D eigenvalue weighted by Crippen LogP contribution is -2.27. The summed E-state index contributed by atoms with van der Waals surface area (Å²) in [4.78, 5) is 23.4. The van der Waals surface area contributed by atoms with Gasteiger partial charge in [0.05, 0.1) is 6.04 Å². The van der Waals surface area contributed by atoms with Crippen LogP contribution in [-0.2, 0) is 6.61 Å². The Hall–Kier alpha value is -3.49. The van der Waals surface area contributed by atoms with Crippen molar-refractivity contribution in [2.45, 2.75) is 19.6 Å². The quantitative estimate of drug-likeness (QED) is 0.696. The number of aromatic amines is 1. The van der Waals surface area contributed by atoms with Gasteiger partial charge in [-0.3, -0.25) is 4.79 Å². The van der Waals surface area contributed by atoms with Crippen LogP contribution in [0.5, 0.6) is 17.2 Å². The van der Waals surface area contributed by atoms with Crippen LogP contribution in [0.25, 0.3) is 0 Å². The number of fused-ring (bicyclic) bond motifs is 1. The summed E-state index contributed by atoms with van der Waals surface area (Å²) in [5.41, 5.74) is 0.174. The van der Waals surface area contributed by atoms with E-state index < -0.39 is 0 Å². The third kappa shape index (κ3) is 3.32. The smallest absolute Gasteiger partial charge is 0.273 e. The molecule has 4 rings (SSSR count). The average Bonchev–Trinajstić information content (AvgIpc) is 3.40. The Morgan fingerprint density at radius 3 is 3.12 bits per heavy atom. The third-order valence-corrected chi connectivity index (χ3v) is 3.77. The van der Waals surface area contributed by atoms with E-state index in [0.717, 1.165) is 0 Å². The summed E-state index contributed by atoms with van der Waals surface area (Å²) < 4.78 is 21.4. The Balaban J connectivity index is 1.35. The molecule has 0 aliphatic carbocycles. The summed E-state index contributed by atoms with van der Waals surface area (Å²) in [5, 5.41) is 2.79. The average molecular weight is 356 g/mol. The fourth-order valence-electron chi connectivity index (χ4n) is 2.45. The van der Waals surface area contributed by atoms with Crippen LogP contribution in [-0.4, -0.2) is 27.7 Å². The van der Waals surface area contributed by atoms with Crippen LogP contribution < -0.4 is 19.5 Å². The highest BCUT2D eigenvalue weighted by atomic mass is 16.7. The molecule has 1 aliphatic rings. The fraction of sp³-hybridized carbons (Fsp3) is 0.235. The molecule has 0 radical (unpaired) electrons. The van der Waals surface area contributed by atoms with Gasteiger partial charge in [-0.15, -0.1) is 0 Å². The summed E-state index contributed by atoms with van der Waals surface area (Å²) in [5.74, 6) is 2.49. The molecule has 134 valence electrons. The van der Waals surface area contributed by atoms with Gasteiger partial charge in [0.25, 0.3) is 5.91 Å². The number of carbonyl (C=O) groups excluding carboxylic acids is 1. The van der Waals surface area contributed by atoms with Crippen molar-refractivity contribution in [1.29, 1.82) is 0 Å². The van der Waals surface area contributed by atoms with Crippen LogP contribution in [0, 0.1) is 0 Å². The minimum atomic E-state index is -0.355. The van der Waals surface area contributed by atoms with E-state index in [0.29, 0.717) is 29.0 Å². The minimum Gasteiger partial charge on any atom is -0.484 e. The molecule has 3 heterocycles. The van der Waals surface area contributed by atoms with E-state index in [1.54, 1.807) is 30.6 Å². The lowest BCUT2D eigenvalue weighted by Gasteiger charge is -2.09. The number of nitrogens with one attached hydrogen (secondary N) is 2. The van der Waals surface area contributed by atoms with Gasteiger partial charge in [0.1, 0.15) is 17.8 Å². The molecule has 3 aromatic rings. The van der Waals surface area contributed by atoms with E-state index in [-0.39, 0.29) is 31.0 Å². The summed E-state index contributed by atoms with van der Waals surface area (Å²) >= 11 is 0. The van der Waals surface area contributed by atoms with E-state index >= 15 is 0 Å². The van der Waals surface area contributed by atoms with Crippen LogP contribution >= 0.6 is 0 Å². The number of amides is 1. The topological polar surface area (TPSA) is 112 Å². The zero-order valence-corrected chi connectivity index (χ0v) is 13.9. The van der Waals surface area contributed by atoms with Crippen LogP contribution in [0.2, 0.25) is 0 Å². The molecule has 0 spiro atoms. The molecule has 0 bridgehead atoms. The Bertz CT molecular complexity index is 906. The number of aromatic nitrogens is 3. The number of imidazole rings is 1. The maximum Gasteiger partial charge on any atom is 0.273 e. The molecule has 2 N–H and O–H groups in total. The molecular weight excluding hydrogens is 340 g/mol. The molecule has 0 fully saturated rings. The van der Waals surface area contributed by atoms with Crippen LogP contribution in [0.4, 0.5) is 0 Å². The van der Waals surface area contributed by atoms with Crippen molar-refractivity contribution in [3.05, 3.63) is 54.3 Å². The van der Waals surface area contributed by atoms with Gasteiger partial charge >= 0.3 is 0 Å². The molecule has 0 unspecified atom stereocenters. The number of rotatable bonds is 6. The van der Waals surface area contributed by atoms with Crippen molar-refractivity contribution in [1.82, 2.24) is 20.3 Å². The van der Waals surface area contributed by atoms with Crippen molar-refractivity contribution in [2.75, 3.05) is 6.79 Å². The Labute approximate surface area is 148 Å². The monoisotopic (exact) mass is 356 g/mol. The summed E-state index contributed by atoms with van der Waals surface area (Å²) in [6, 6.07) is 4.98. The summed E-state index contributed by atoms with van der Waals surface area (Å²) in [6.07, 6.45) is 4.61. The number of ether oxygens (including phenoxy) is 3. The minimum absolute atomic E-state index is 0.0840. The predicted molar refractivity (Wildman–Crippen MR) is 87.9 cm³/mol. The van der Waals surface area contributed by atoms with Gasteiger partial charge in [-0.1, -0.05) is 0 Å². The number of oxazole rings is 1. The highest BCUT2D eigenvalue weighted by Gasteiger charge is 2.18. The number of H-pyrrole nitrogens is 1. The number of benzene rings is 1. The van der Waals surface area contributed by atoms with Gasteiger partial charge in [-0.05, 0) is 19.1 Å². The Morgan fingerprint density at radius 2 is 2.27 bits per heavy atom. The standard InChI is InChI=1S/C17H16N4O5/c1-10(16-18-4-5-19-16)20-17(22)12-7-24-15(21-12)8-23-11-2-3-13-14(6-11)26-9-25-13/h2-7,10H,8-9H2,1H3,(H,18,19)(H,20,22)/t10-/m0/s1. The van der Waals surface area contributed by atoms with Crippen molar-refractivity contribution in [3.8, 4) is 17.2 Å². The fourth-order valence-corrected chi connectivity index (χ4v) is 2.45. The first-order valence-corrected chi connectivity index (χ1v) is 7.96. The lowest BCUT2D eigenvalue weighted by atomic mass is 10.3. The number of nitrogens with zero attached hydrogens (tertiary/aromatic N) is 2. The molecule has 9 heteroatoms. The van der Waals surface area contributed by atoms with E-state index in [4.69, 9.17) is 18.6 Å². The van der Waals surface area contributed by atoms with Crippen molar-refractivity contribution < 1.29 is 23.4 Å². The van der Waals surface area contributed by atoms with Crippen molar-refractivity contribution in [3.63, 3.8) is 0 Å². The molecular formula is C17H16N4O5. The zero-order chi connectivity index (χ0) is 17.9. The second-order valence-corrected chi connectivity index (χ2v) is 5.60. The van der Waals surface area contributed by atoms with Crippen LogP contribution in [0.1, 0.15) is 35.2 Å². The van der Waals surface area contributed by atoms with Crippen LogP contribution in [0.15, 0.2) is 41.3 Å². The second-order valence-electron chi connectivity index (χ2n) is 5.60. The van der Waals surface area contributed by atoms with E-state index in [2.05, 4.69) is 20.3 Å². The highest BCUT2D eigenvalue weighted by Crippen LogP contribution is 2.35. The zero-order valence-electron chi connectivity index (χ0n) is 13.9. The second kappa shape index (κ2) is 6.79. The van der Waals surface area contributed by atoms with E-state index in [1.807, 2.05) is 6.92 Å². The summed E-state index contributed by atoms with van der Waals surface area (Å²) in [7, 11) is 0. The maximum absolute atomic E-state index is 12.2. The Kier molecular flexibility index (Phi) is 4.18. The predicted octanol–water partition coefficient (Wildman–Crippen LogP) is 2.20. The van der Waals surface area contributed by atoms with Crippen molar-refractivity contribution >= 4 is 5.91 Å². The highest BCUT2D eigenvalue weighted by molar-refractivity contribution is 5.92. The van der Waals surface area contributed by atoms with Gasteiger partial charge in [0.2, 0.25) is 12.7 Å². The van der Waals surface area contributed by atoms with Gasteiger partial charge in [-0.25, -0.2) is 9.97 Å². The number of hydrogen-bond donors (Lipinski definition) is 2. The molecule has 9 nitrogen and oxygen atoms in total. The van der Waals surface area contributed by atoms with E-state index in [9.17, 15) is 4.79 Å². The first-order chi connectivity index (χ1) is 12.7. The first kappa shape index (κ1) is 16.0. The molecule has 1 atom stereocenters. The van der Waals surface area contributed by atoms with Gasteiger partial charge in [0, 0.05) is 18.5 Å². The summed E-state index contributed by atoms with van der Waals surface area (Å²) in [6.45, 7) is 2.11. The molecule has 26 heavy (non-hydrogen) atoms. The third-order valence-electron chi connectivity index (χ3n) is 3.77. The SMILES string of the molecule is C[C@H](NC(=O)c1coc(COc2ccc3c(c2)OCO3)n1)c1ncc[nH]1. The van der Waals surface area contributed by atoms with Gasteiger partial charge in [0.15, 0.2) is 23.8 Å². The van der Waals surface area contributed by atoms with E-state index in [1.165, 1.54) is 6.26 Å².